The van der Waals surface area contributed by atoms with Crippen LogP contribution in [0.2, 0.25) is 10.0 Å². The van der Waals surface area contributed by atoms with Crippen LogP contribution < -0.4 is 10.7 Å². The summed E-state index contributed by atoms with van der Waals surface area (Å²) in [4.78, 5) is 34.3. The average molecular weight is 423 g/mol. The van der Waals surface area contributed by atoms with Gasteiger partial charge in [-0.15, -0.1) is 0 Å². The van der Waals surface area contributed by atoms with Gasteiger partial charge in [-0.25, -0.2) is 5.43 Å². The maximum Gasteiger partial charge on any atom is 0.287 e. The lowest BCUT2D eigenvalue weighted by Crippen LogP contribution is -2.21. The number of hydrazone groups is 1. The molecule has 0 aromatic heterocycles. The van der Waals surface area contributed by atoms with Gasteiger partial charge in [-0.3, -0.25) is 19.7 Å². The van der Waals surface area contributed by atoms with E-state index in [0.29, 0.717) is 16.4 Å². The Kier molecular flexibility index (Phi) is 7.08. The highest BCUT2D eigenvalue weighted by Crippen LogP contribution is 2.25. The summed E-state index contributed by atoms with van der Waals surface area (Å²) in [6.45, 7) is 3.41. The SMILES string of the molecule is C/C(CC(=O)Nc1cc(Cl)ccc1C)=N/NC(=O)c1ccc([N+](=O)[O-])c(Cl)c1. The summed E-state index contributed by atoms with van der Waals surface area (Å²) < 4.78 is 0. The standard InChI is InChI=1S/C18H16Cl2N4O4/c1-10-3-5-13(19)9-15(10)21-17(25)7-11(2)22-23-18(26)12-4-6-16(24(27)28)14(20)8-12/h3-6,8-9H,7H2,1-2H3,(H,21,25)(H,23,26)/b22-11-. The molecule has 0 aliphatic heterocycles. The molecular weight excluding hydrogens is 407 g/mol. The molecule has 0 saturated carbocycles. The summed E-state index contributed by atoms with van der Waals surface area (Å²) in [6, 6.07) is 8.72. The highest BCUT2D eigenvalue weighted by molar-refractivity contribution is 6.33. The maximum atomic E-state index is 12.1. The molecule has 0 unspecified atom stereocenters. The predicted octanol–water partition coefficient (Wildman–Crippen LogP) is 4.34. The molecule has 0 bridgehead atoms. The third-order valence-corrected chi connectivity index (χ3v) is 4.18. The van der Waals surface area contributed by atoms with Crippen molar-refractivity contribution in [2.45, 2.75) is 20.3 Å². The molecule has 2 aromatic rings. The first-order chi connectivity index (χ1) is 13.2. The molecule has 2 aromatic carbocycles. The molecule has 0 atom stereocenters. The largest absolute Gasteiger partial charge is 0.325 e. The lowest BCUT2D eigenvalue weighted by atomic mass is 10.2. The van der Waals surface area contributed by atoms with Gasteiger partial charge in [0, 0.05) is 28.1 Å². The number of rotatable bonds is 6. The minimum Gasteiger partial charge on any atom is -0.325 e. The second-order valence-corrected chi connectivity index (χ2v) is 6.74. The van der Waals surface area contributed by atoms with Crippen LogP contribution in [-0.2, 0) is 4.79 Å². The molecule has 28 heavy (non-hydrogen) atoms. The number of nitrogens with one attached hydrogen (secondary N) is 2. The van der Waals surface area contributed by atoms with Gasteiger partial charge in [0.1, 0.15) is 5.02 Å². The maximum absolute atomic E-state index is 12.1. The van der Waals surface area contributed by atoms with Crippen molar-refractivity contribution in [2.24, 2.45) is 5.10 Å². The zero-order valence-corrected chi connectivity index (χ0v) is 16.5. The van der Waals surface area contributed by atoms with E-state index in [1.807, 2.05) is 6.92 Å². The summed E-state index contributed by atoms with van der Waals surface area (Å²) in [5, 5.41) is 17.7. The molecule has 0 heterocycles. The molecule has 0 fully saturated rings. The van der Waals surface area contributed by atoms with Gasteiger partial charge < -0.3 is 5.32 Å². The molecule has 2 rings (SSSR count). The molecule has 0 radical (unpaired) electrons. The highest BCUT2D eigenvalue weighted by atomic mass is 35.5. The zero-order chi connectivity index (χ0) is 20.8. The Hall–Kier alpha value is -2.97. The van der Waals surface area contributed by atoms with Gasteiger partial charge in [-0.05, 0) is 43.7 Å². The molecule has 2 N–H and O–H groups in total. The zero-order valence-electron chi connectivity index (χ0n) is 15.0. The van der Waals surface area contributed by atoms with Crippen LogP contribution in [0.1, 0.15) is 29.3 Å². The summed E-state index contributed by atoms with van der Waals surface area (Å²) in [5.74, 6) is -0.929. The van der Waals surface area contributed by atoms with Gasteiger partial charge >= 0.3 is 0 Å². The van der Waals surface area contributed by atoms with Crippen LogP contribution in [0, 0.1) is 17.0 Å². The first kappa shape index (κ1) is 21.3. The van der Waals surface area contributed by atoms with Crippen LogP contribution in [-0.4, -0.2) is 22.4 Å². The second kappa shape index (κ2) is 9.29. The molecule has 10 heteroatoms. The normalized spacial score (nSPS) is 11.1. The van der Waals surface area contributed by atoms with Crippen molar-refractivity contribution in [2.75, 3.05) is 5.32 Å². The fourth-order valence-corrected chi connectivity index (χ4v) is 2.62. The molecular formula is C18H16Cl2N4O4. The van der Waals surface area contributed by atoms with E-state index < -0.39 is 10.8 Å². The number of halogens is 2. The number of benzene rings is 2. The predicted molar refractivity (Wildman–Crippen MR) is 108 cm³/mol. The lowest BCUT2D eigenvalue weighted by molar-refractivity contribution is -0.384. The molecule has 0 spiro atoms. The van der Waals surface area contributed by atoms with Crippen LogP contribution in [0.25, 0.3) is 0 Å². The molecule has 2 amide bonds. The smallest absolute Gasteiger partial charge is 0.287 e. The van der Waals surface area contributed by atoms with Crippen molar-refractivity contribution in [3.8, 4) is 0 Å². The second-order valence-electron chi connectivity index (χ2n) is 5.90. The molecule has 0 aliphatic carbocycles. The fraction of sp³-hybridized carbons (Fsp3) is 0.167. The van der Waals surface area contributed by atoms with Crippen molar-refractivity contribution in [1.82, 2.24) is 5.43 Å². The number of carbonyl (C=O) groups is 2. The first-order valence-corrected chi connectivity index (χ1v) is 8.76. The van der Waals surface area contributed by atoms with E-state index in [1.165, 1.54) is 12.1 Å². The van der Waals surface area contributed by atoms with E-state index in [1.54, 1.807) is 25.1 Å². The van der Waals surface area contributed by atoms with Crippen molar-refractivity contribution in [1.29, 1.82) is 0 Å². The summed E-state index contributed by atoms with van der Waals surface area (Å²) >= 11 is 11.7. The van der Waals surface area contributed by atoms with Crippen molar-refractivity contribution in [3.05, 3.63) is 67.7 Å². The number of nitrogens with zero attached hydrogens (tertiary/aromatic N) is 2. The monoisotopic (exact) mass is 422 g/mol. The van der Waals surface area contributed by atoms with E-state index in [0.717, 1.165) is 11.6 Å². The van der Waals surface area contributed by atoms with Gasteiger partial charge in [0.25, 0.3) is 11.6 Å². The molecule has 8 nitrogen and oxygen atoms in total. The summed E-state index contributed by atoms with van der Waals surface area (Å²) in [6.07, 6.45) is -0.0484. The van der Waals surface area contributed by atoms with E-state index in [9.17, 15) is 19.7 Å². The van der Waals surface area contributed by atoms with Gasteiger partial charge in [-0.2, -0.15) is 5.10 Å². The topological polar surface area (TPSA) is 114 Å². The van der Waals surface area contributed by atoms with Crippen LogP contribution in [0.3, 0.4) is 0 Å². The number of anilines is 1. The molecule has 146 valence electrons. The number of hydrogen-bond donors (Lipinski definition) is 2. The van der Waals surface area contributed by atoms with Crippen molar-refractivity contribution in [3.63, 3.8) is 0 Å². The summed E-state index contributed by atoms with van der Waals surface area (Å²) in [7, 11) is 0. The van der Waals surface area contributed by atoms with Gasteiger partial charge in [0.15, 0.2) is 0 Å². The Morgan fingerprint density at radius 1 is 1.18 bits per heavy atom. The number of nitro benzene ring substituents is 1. The third kappa shape index (κ3) is 5.77. The Labute approximate surface area is 170 Å². The third-order valence-electron chi connectivity index (χ3n) is 3.64. The van der Waals surface area contributed by atoms with Crippen molar-refractivity contribution < 1.29 is 14.5 Å². The van der Waals surface area contributed by atoms with Crippen molar-refractivity contribution >= 4 is 52.1 Å². The quantitative estimate of drug-likeness (QED) is 0.409. The average Bonchev–Trinajstić information content (AvgIpc) is 2.62. The number of hydrogen-bond acceptors (Lipinski definition) is 5. The Balaban J connectivity index is 1.97. The fourth-order valence-electron chi connectivity index (χ4n) is 2.20. The van der Waals surface area contributed by atoms with Crippen LogP contribution in [0.15, 0.2) is 41.5 Å². The van der Waals surface area contributed by atoms with E-state index >= 15 is 0 Å². The number of nitro groups is 1. The Morgan fingerprint density at radius 2 is 1.89 bits per heavy atom. The number of aryl methyl sites for hydroxylation is 1. The van der Waals surface area contributed by atoms with Gasteiger partial charge in [0.2, 0.25) is 5.91 Å². The van der Waals surface area contributed by atoms with Crippen LogP contribution in [0.5, 0.6) is 0 Å². The minimum atomic E-state index is -0.646. The molecule has 0 saturated heterocycles. The highest BCUT2D eigenvalue weighted by Gasteiger charge is 2.15. The number of amides is 2. The van der Waals surface area contributed by atoms with Gasteiger partial charge in [-0.1, -0.05) is 29.3 Å². The summed E-state index contributed by atoms with van der Waals surface area (Å²) in [5.41, 5.74) is 3.90. The minimum absolute atomic E-state index is 0.0484. The van der Waals surface area contributed by atoms with E-state index in [2.05, 4.69) is 15.8 Å². The van der Waals surface area contributed by atoms with E-state index in [-0.39, 0.29) is 28.6 Å². The van der Waals surface area contributed by atoms with Crippen LogP contribution in [0.4, 0.5) is 11.4 Å². The Bertz CT molecular complexity index is 976. The van der Waals surface area contributed by atoms with Gasteiger partial charge in [0.05, 0.1) is 11.3 Å². The number of carbonyl (C=O) groups excluding carboxylic acids is 2. The molecule has 0 aliphatic rings. The Morgan fingerprint density at radius 3 is 2.54 bits per heavy atom. The van der Waals surface area contributed by atoms with Crippen LogP contribution >= 0.6 is 23.2 Å². The first-order valence-electron chi connectivity index (χ1n) is 8.01. The van der Waals surface area contributed by atoms with E-state index in [4.69, 9.17) is 23.2 Å². The lowest BCUT2D eigenvalue weighted by Gasteiger charge is -2.09.